The first-order valence-electron chi connectivity index (χ1n) is 4.54. The molecule has 0 radical (unpaired) electrons. The van der Waals surface area contributed by atoms with E-state index in [0.29, 0.717) is 21.7 Å². The van der Waals surface area contributed by atoms with Crippen LogP contribution in [0.2, 0.25) is 5.02 Å². The maximum Gasteiger partial charge on any atom is 0.169 e. The van der Waals surface area contributed by atoms with Crippen LogP contribution in [0.3, 0.4) is 0 Å². The molecule has 3 nitrogen and oxygen atoms in total. The first-order chi connectivity index (χ1) is 7.69. The summed E-state index contributed by atoms with van der Waals surface area (Å²) in [6.07, 6.45) is 0.0789. The second-order valence-electron chi connectivity index (χ2n) is 3.34. The zero-order chi connectivity index (χ0) is 11.7. The van der Waals surface area contributed by atoms with Crippen molar-refractivity contribution in [1.82, 2.24) is 0 Å². The van der Waals surface area contributed by atoms with E-state index in [1.165, 1.54) is 0 Å². The van der Waals surface area contributed by atoms with E-state index < -0.39 is 0 Å². The fourth-order valence-electron chi connectivity index (χ4n) is 1.79. The van der Waals surface area contributed by atoms with Crippen LogP contribution in [0, 0.1) is 22.7 Å². The second-order valence-corrected chi connectivity index (χ2v) is 3.75. The molecule has 0 bridgehead atoms. The molecule has 0 saturated carbocycles. The molecule has 0 heterocycles. The molecular weight excluding hydrogens is 224 g/mol. The summed E-state index contributed by atoms with van der Waals surface area (Å²) in [6.45, 7) is 0. The third kappa shape index (κ3) is 1.39. The lowest BCUT2D eigenvalue weighted by atomic mass is 10.0. The van der Waals surface area contributed by atoms with Crippen molar-refractivity contribution in [2.45, 2.75) is 6.42 Å². The van der Waals surface area contributed by atoms with Gasteiger partial charge in [0.1, 0.15) is 17.7 Å². The number of nitriles is 2. The highest BCUT2D eigenvalue weighted by atomic mass is 35.5. The van der Waals surface area contributed by atoms with Gasteiger partial charge in [0, 0.05) is 12.0 Å². The summed E-state index contributed by atoms with van der Waals surface area (Å²) >= 11 is 5.91. The van der Waals surface area contributed by atoms with Gasteiger partial charge in [0.05, 0.1) is 5.02 Å². The molecule has 16 heavy (non-hydrogen) atoms. The number of nitrogens with zero attached hydrogens (tertiary/aromatic N) is 2. The molecule has 0 unspecified atom stereocenters. The third-order valence-corrected chi connectivity index (χ3v) is 2.80. The smallest absolute Gasteiger partial charge is 0.169 e. The van der Waals surface area contributed by atoms with Gasteiger partial charge in [-0.3, -0.25) is 4.79 Å². The van der Waals surface area contributed by atoms with Gasteiger partial charge >= 0.3 is 0 Å². The summed E-state index contributed by atoms with van der Waals surface area (Å²) in [5, 5.41) is 18.0. The van der Waals surface area contributed by atoms with Gasteiger partial charge in [0.2, 0.25) is 0 Å². The average Bonchev–Trinajstić information content (AvgIpc) is 2.60. The molecule has 1 aliphatic carbocycles. The molecule has 0 spiro atoms. The predicted octanol–water partition coefficient (Wildman–Crippen LogP) is 2.73. The molecule has 2 rings (SSSR count). The van der Waals surface area contributed by atoms with Crippen LogP contribution in [-0.4, -0.2) is 5.78 Å². The zero-order valence-corrected chi connectivity index (χ0v) is 8.88. The number of allylic oxidation sites excluding steroid dienone is 2. The molecule has 0 N–H and O–H groups in total. The summed E-state index contributed by atoms with van der Waals surface area (Å²) in [5.41, 5.74) is 1.49. The Kier molecular flexibility index (Phi) is 2.48. The fourth-order valence-corrected chi connectivity index (χ4v) is 2.07. The molecule has 0 amide bonds. The molecule has 0 saturated heterocycles. The Morgan fingerprint density at radius 3 is 2.62 bits per heavy atom. The van der Waals surface area contributed by atoms with Crippen LogP contribution in [0.15, 0.2) is 23.8 Å². The summed E-state index contributed by atoms with van der Waals surface area (Å²) < 4.78 is 0. The number of Topliss-reactive ketones (excluding diaryl/α,β-unsaturated/α-hetero) is 1. The quantitative estimate of drug-likeness (QED) is 0.642. The molecule has 1 aromatic rings. The molecule has 0 aromatic heterocycles. The average molecular weight is 229 g/mol. The van der Waals surface area contributed by atoms with E-state index in [4.69, 9.17) is 22.1 Å². The Morgan fingerprint density at radius 1 is 1.31 bits per heavy atom. The minimum absolute atomic E-state index is 0.0191. The SMILES string of the molecule is N#CC(C#N)=C1CC(=O)c2c(Cl)cccc21. The number of hydrogen-bond acceptors (Lipinski definition) is 3. The number of benzene rings is 1. The van der Waals surface area contributed by atoms with E-state index in [-0.39, 0.29) is 17.8 Å². The molecule has 76 valence electrons. The van der Waals surface area contributed by atoms with Crippen molar-refractivity contribution in [3.8, 4) is 12.1 Å². The predicted molar refractivity (Wildman–Crippen MR) is 58.5 cm³/mol. The second kappa shape index (κ2) is 3.81. The molecule has 1 aliphatic rings. The molecule has 0 fully saturated rings. The van der Waals surface area contributed by atoms with Crippen molar-refractivity contribution in [2.75, 3.05) is 0 Å². The number of ketones is 1. The van der Waals surface area contributed by atoms with Crippen LogP contribution in [0.25, 0.3) is 5.57 Å². The summed E-state index contributed by atoms with van der Waals surface area (Å²) in [6, 6.07) is 8.63. The minimum atomic E-state index is -0.140. The van der Waals surface area contributed by atoms with E-state index in [9.17, 15) is 4.79 Å². The third-order valence-electron chi connectivity index (χ3n) is 2.48. The summed E-state index contributed by atoms with van der Waals surface area (Å²) in [4.78, 5) is 11.7. The number of halogens is 1. The van der Waals surface area contributed by atoms with Crippen molar-refractivity contribution in [2.24, 2.45) is 0 Å². The van der Waals surface area contributed by atoms with Gasteiger partial charge in [-0.05, 0) is 17.2 Å². The summed E-state index contributed by atoms with van der Waals surface area (Å²) in [7, 11) is 0. The first kappa shape index (κ1) is 10.4. The Bertz CT molecular complexity index is 586. The summed E-state index contributed by atoms with van der Waals surface area (Å²) in [5.74, 6) is -0.140. The Balaban J connectivity index is 2.77. The van der Waals surface area contributed by atoms with Crippen molar-refractivity contribution in [3.05, 3.63) is 39.9 Å². The van der Waals surface area contributed by atoms with Crippen molar-refractivity contribution < 1.29 is 4.79 Å². The lowest BCUT2D eigenvalue weighted by Crippen LogP contribution is -1.91. The monoisotopic (exact) mass is 228 g/mol. The standard InChI is InChI=1S/C12H5ClN2O/c13-10-3-1-2-8-9(7(5-14)6-15)4-11(16)12(8)10/h1-3H,4H2. The van der Waals surface area contributed by atoms with Crippen LogP contribution < -0.4 is 0 Å². The molecule has 4 heteroatoms. The van der Waals surface area contributed by atoms with E-state index in [1.54, 1.807) is 30.3 Å². The first-order valence-corrected chi connectivity index (χ1v) is 4.92. The largest absolute Gasteiger partial charge is 0.294 e. The van der Waals surface area contributed by atoms with Gasteiger partial charge in [-0.15, -0.1) is 0 Å². The highest BCUT2D eigenvalue weighted by molar-refractivity contribution is 6.35. The Hall–Kier alpha value is -2.10. The van der Waals surface area contributed by atoms with E-state index >= 15 is 0 Å². The van der Waals surface area contributed by atoms with Gasteiger partial charge < -0.3 is 0 Å². The Labute approximate surface area is 97.2 Å². The van der Waals surface area contributed by atoms with Crippen molar-refractivity contribution in [3.63, 3.8) is 0 Å². The van der Waals surface area contributed by atoms with Crippen molar-refractivity contribution in [1.29, 1.82) is 10.5 Å². The van der Waals surface area contributed by atoms with Crippen LogP contribution in [0.4, 0.5) is 0 Å². The number of rotatable bonds is 0. The lowest BCUT2D eigenvalue weighted by molar-refractivity contribution is 0.100. The fraction of sp³-hybridized carbons (Fsp3) is 0.0833. The number of fused-ring (bicyclic) bond motifs is 1. The van der Waals surface area contributed by atoms with Gasteiger partial charge in [-0.2, -0.15) is 10.5 Å². The highest BCUT2D eigenvalue weighted by Crippen LogP contribution is 2.37. The molecular formula is C12H5ClN2O. The van der Waals surface area contributed by atoms with Crippen LogP contribution in [-0.2, 0) is 0 Å². The van der Waals surface area contributed by atoms with Gasteiger partial charge in [0.15, 0.2) is 5.78 Å². The van der Waals surface area contributed by atoms with Gasteiger partial charge in [-0.25, -0.2) is 0 Å². The van der Waals surface area contributed by atoms with Crippen molar-refractivity contribution >= 4 is 23.0 Å². The maximum absolute atomic E-state index is 11.7. The topological polar surface area (TPSA) is 64.7 Å². The van der Waals surface area contributed by atoms with Gasteiger partial charge in [-0.1, -0.05) is 23.7 Å². The lowest BCUT2D eigenvalue weighted by Gasteiger charge is -2.00. The van der Waals surface area contributed by atoms with E-state index in [0.717, 1.165) is 0 Å². The highest BCUT2D eigenvalue weighted by Gasteiger charge is 2.28. The zero-order valence-electron chi connectivity index (χ0n) is 8.12. The minimum Gasteiger partial charge on any atom is -0.294 e. The number of hydrogen-bond donors (Lipinski definition) is 0. The van der Waals surface area contributed by atoms with Crippen LogP contribution >= 0.6 is 11.6 Å². The Morgan fingerprint density at radius 2 is 2.00 bits per heavy atom. The normalized spacial score (nSPS) is 12.9. The maximum atomic E-state index is 11.7. The molecule has 0 atom stereocenters. The number of carbonyl (C=O) groups is 1. The number of carbonyl (C=O) groups excluding carboxylic acids is 1. The molecule has 1 aromatic carbocycles. The van der Waals surface area contributed by atoms with Gasteiger partial charge in [0.25, 0.3) is 0 Å². The molecule has 0 aliphatic heterocycles. The van der Waals surface area contributed by atoms with Crippen LogP contribution in [0.1, 0.15) is 22.3 Å². The van der Waals surface area contributed by atoms with Crippen LogP contribution in [0.5, 0.6) is 0 Å². The van der Waals surface area contributed by atoms with E-state index in [2.05, 4.69) is 0 Å². The van der Waals surface area contributed by atoms with E-state index in [1.807, 2.05) is 0 Å².